The van der Waals surface area contributed by atoms with Crippen molar-refractivity contribution in [3.63, 3.8) is 0 Å². The fraction of sp³-hybridized carbons (Fsp3) is 0.500. The predicted molar refractivity (Wildman–Crippen MR) is 72.1 cm³/mol. The Hall–Kier alpha value is -1.39. The molecule has 1 saturated heterocycles. The molecule has 2 N–H and O–H groups in total. The molecule has 1 aliphatic rings. The molecule has 18 heavy (non-hydrogen) atoms. The fourth-order valence-electron chi connectivity index (χ4n) is 2.43. The summed E-state index contributed by atoms with van der Waals surface area (Å²) < 4.78 is 0. The Kier molecular flexibility index (Phi) is 4.33. The maximum Gasteiger partial charge on any atom is 0.236 e. The largest absolute Gasteiger partial charge is 0.339 e. The average Bonchev–Trinajstić information content (AvgIpc) is 2.47. The zero-order chi connectivity index (χ0) is 13.0. The van der Waals surface area contributed by atoms with Gasteiger partial charge in [0.1, 0.15) is 0 Å². The number of nitrogens with two attached hydrogens (primary N) is 1. The number of piperazine rings is 1. The normalized spacial score (nSPS) is 18.7. The van der Waals surface area contributed by atoms with Crippen LogP contribution in [0, 0.1) is 0 Å². The van der Waals surface area contributed by atoms with Crippen molar-refractivity contribution in [3.8, 4) is 0 Å². The number of carbonyl (C=O) groups is 1. The molecule has 0 aliphatic carbocycles. The van der Waals surface area contributed by atoms with Crippen LogP contribution in [0.1, 0.15) is 18.5 Å². The summed E-state index contributed by atoms with van der Waals surface area (Å²) in [4.78, 5) is 15.8. The van der Waals surface area contributed by atoms with Crippen LogP contribution in [0.3, 0.4) is 0 Å². The van der Waals surface area contributed by atoms with Crippen LogP contribution >= 0.6 is 0 Å². The van der Waals surface area contributed by atoms with Crippen LogP contribution in [0.25, 0.3) is 0 Å². The van der Waals surface area contributed by atoms with E-state index in [4.69, 9.17) is 5.73 Å². The van der Waals surface area contributed by atoms with E-state index in [9.17, 15) is 4.79 Å². The SMILES string of the molecule is C[C@@H](c1ccccc1)N1CCN(C(=O)CN)CC1. The van der Waals surface area contributed by atoms with Gasteiger partial charge in [0.25, 0.3) is 0 Å². The van der Waals surface area contributed by atoms with Gasteiger partial charge in [0.2, 0.25) is 5.91 Å². The minimum Gasteiger partial charge on any atom is -0.339 e. The highest BCUT2D eigenvalue weighted by Gasteiger charge is 2.23. The van der Waals surface area contributed by atoms with Crippen molar-refractivity contribution < 1.29 is 4.79 Å². The number of rotatable bonds is 3. The highest BCUT2D eigenvalue weighted by molar-refractivity contribution is 5.78. The molecule has 1 heterocycles. The Morgan fingerprint density at radius 3 is 2.39 bits per heavy atom. The van der Waals surface area contributed by atoms with Gasteiger partial charge in [-0.15, -0.1) is 0 Å². The summed E-state index contributed by atoms with van der Waals surface area (Å²) in [5.41, 5.74) is 6.71. The molecule has 4 heteroatoms. The second-order valence-corrected chi connectivity index (χ2v) is 4.71. The predicted octanol–water partition coefficient (Wildman–Crippen LogP) is 0.851. The van der Waals surface area contributed by atoms with E-state index in [0.717, 1.165) is 26.2 Å². The van der Waals surface area contributed by atoms with E-state index in [-0.39, 0.29) is 12.5 Å². The molecule has 1 aliphatic heterocycles. The van der Waals surface area contributed by atoms with Crippen molar-refractivity contribution in [1.82, 2.24) is 9.80 Å². The molecule has 1 atom stereocenters. The lowest BCUT2D eigenvalue weighted by Crippen LogP contribution is -2.50. The van der Waals surface area contributed by atoms with Crippen molar-refractivity contribution in [2.24, 2.45) is 5.73 Å². The third-order valence-electron chi connectivity index (χ3n) is 3.67. The van der Waals surface area contributed by atoms with Crippen LogP contribution in [0.15, 0.2) is 30.3 Å². The second kappa shape index (κ2) is 5.98. The van der Waals surface area contributed by atoms with Crippen LogP contribution in [0.4, 0.5) is 0 Å². The van der Waals surface area contributed by atoms with E-state index in [1.165, 1.54) is 5.56 Å². The Labute approximate surface area is 108 Å². The molecule has 1 amide bonds. The first-order valence-electron chi connectivity index (χ1n) is 6.49. The van der Waals surface area contributed by atoms with Crippen LogP contribution in [0.2, 0.25) is 0 Å². The molecule has 0 spiro atoms. The molecule has 1 aromatic carbocycles. The average molecular weight is 247 g/mol. The van der Waals surface area contributed by atoms with Crippen molar-refractivity contribution in [2.45, 2.75) is 13.0 Å². The molecule has 0 unspecified atom stereocenters. The fourth-order valence-corrected chi connectivity index (χ4v) is 2.43. The van der Waals surface area contributed by atoms with Gasteiger partial charge >= 0.3 is 0 Å². The zero-order valence-electron chi connectivity index (χ0n) is 10.9. The van der Waals surface area contributed by atoms with Crippen LogP contribution in [-0.4, -0.2) is 48.4 Å². The molecule has 0 aromatic heterocycles. The summed E-state index contributed by atoms with van der Waals surface area (Å²) in [6.45, 7) is 5.74. The van der Waals surface area contributed by atoms with E-state index < -0.39 is 0 Å². The summed E-state index contributed by atoms with van der Waals surface area (Å²) in [6.07, 6.45) is 0. The lowest BCUT2D eigenvalue weighted by molar-refractivity contribution is -0.131. The lowest BCUT2D eigenvalue weighted by atomic mass is 10.1. The molecular formula is C14H21N3O. The van der Waals surface area contributed by atoms with Gasteiger partial charge in [-0.1, -0.05) is 30.3 Å². The molecule has 4 nitrogen and oxygen atoms in total. The number of nitrogens with zero attached hydrogens (tertiary/aromatic N) is 2. The number of amides is 1. The number of hydrogen-bond donors (Lipinski definition) is 1. The Balaban J connectivity index is 1.92. The van der Waals surface area contributed by atoms with Crippen LogP contribution in [-0.2, 0) is 4.79 Å². The van der Waals surface area contributed by atoms with Crippen LogP contribution < -0.4 is 5.73 Å². The second-order valence-electron chi connectivity index (χ2n) is 4.71. The minimum atomic E-state index is 0.0574. The molecule has 98 valence electrons. The number of hydrogen-bond acceptors (Lipinski definition) is 3. The van der Waals surface area contributed by atoms with Gasteiger partial charge in [-0.25, -0.2) is 0 Å². The van der Waals surface area contributed by atoms with Gasteiger partial charge in [-0.05, 0) is 12.5 Å². The van der Waals surface area contributed by atoms with E-state index in [1.54, 1.807) is 0 Å². The van der Waals surface area contributed by atoms with Gasteiger partial charge in [-0.2, -0.15) is 0 Å². The first-order chi connectivity index (χ1) is 8.72. The molecule has 0 radical (unpaired) electrons. The van der Waals surface area contributed by atoms with Gasteiger partial charge < -0.3 is 10.6 Å². The summed E-state index contributed by atoms with van der Waals surface area (Å²) in [5, 5.41) is 0. The van der Waals surface area contributed by atoms with Crippen molar-refractivity contribution in [1.29, 1.82) is 0 Å². The summed E-state index contributed by atoms with van der Waals surface area (Å²) in [6, 6.07) is 10.9. The summed E-state index contributed by atoms with van der Waals surface area (Å²) >= 11 is 0. The quantitative estimate of drug-likeness (QED) is 0.861. The van der Waals surface area contributed by atoms with Gasteiger partial charge in [0.05, 0.1) is 6.54 Å². The molecule has 1 aromatic rings. The van der Waals surface area contributed by atoms with Crippen molar-refractivity contribution in [3.05, 3.63) is 35.9 Å². The Bertz CT molecular complexity index is 385. The smallest absolute Gasteiger partial charge is 0.236 e. The maximum absolute atomic E-state index is 11.5. The highest BCUT2D eigenvalue weighted by atomic mass is 16.2. The maximum atomic E-state index is 11.5. The lowest BCUT2D eigenvalue weighted by Gasteiger charge is -2.38. The van der Waals surface area contributed by atoms with E-state index in [2.05, 4.69) is 36.1 Å². The first-order valence-corrected chi connectivity index (χ1v) is 6.49. The molecule has 2 rings (SSSR count). The molecule has 0 saturated carbocycles. The van der Waals surface area contributed by atoms with Crippen LogP contribution in [0.5, 0.6) is 0 Å². The van der Waals surface area contributed by atoms with Gasteiger partial charge in [0, 0.05) is 32.2 Å². The molecular weight excluding hydrogens is 226 g/mol. The summed E-state index contributed by atoms with van der Waals surface area (Å²) in [5.74, 6) is 0.0574. The molecule has 0 bridgehead atoms. The highest BCUT2D eigenvalue weighted by Crippen LogP contribution is 2.21. The van der Waals surface area contributed by atoms with E-state index in [1.807, 2.05) is 11.0 Å². The van der Waals surface area contributed by atoms with Crippen molar-refractivity contribution in [2.75, 3.05) is 32.7 Å². The zero-order valence-corrected chi connectivity index (χ0v) is 10.9. The third-order valence-corrected chi connectivity index (χ3v) is 3.67. The number of benzene rings is 1. The van der Waals surface area contributed by atoms with E-state index >= 15 is 0 Å². The van der Waals surface area contributed by atoms with E-state index in [0.29, 0.717) is 6.04 Å². The standard InChI is InChI=1S/C14H21N3O/c1-12(13-5-3-2-4-6-13)16-7-9-17(10-8-16)14(18)11-15/h2-6,12H,7-11,15H2,1H3/t12-/m0/s1. The Morgan fingerprint density at radius 2 is 1.83 bits per heavy atom. The van der Waals surface area contributed by atoms with Crippen molar-refractivity contribution >= 4 is 5.91 Å². The third kappa shape index (κ3) is 2.89. The summed E-state index contributed by atoms with van der Waals surface area (Å²) in [7, 11) is 0. The monoisotopic (exact) mass is 247 g/mol. The van der Waals surface area contributed by atoms with Gasteiger partial charge in [-0.3, -0.25) is 9.69 Å². The first kappa shape index (κ1) is 13.1. The molecule has 1 fully saturated rings. The topological polar surface area (TPSA) is 49.6 Å². The Morgan fingerprint density at radius 1 is 1.22 bits per heavy atom. The number of carbonyl (C=O) groups excluding carboxylic acids is 1. The minimum absolute atomic E-state index is 0.0574. The van der Waals surface area contributed by atoms with Gasteiger partial charge in [0.15, 0.2) is 0 Å².